The maximum Gasteiger partial charge on any atom is 0.256 e. The molecule has 1 aromatic carbocycles. The highest BCUT2D eigenvalue weighted by molar-refractivity contribution is 7.99. The minimum atomic E-state index is -0.0706. The number of benzene rings is 1. The van der Waals surface area contributed by atoms with Crippen molar-refractivity contribution in [2.24, 2.45) is 7.05 Å². The lowest BCUT2D eigenvalue weighted by Crippen LogP contribution is -2.15. The van der Waals surface area contributed by atoms with Crippen molar-refractivity contribution in [3.63, 3.8) is 0 Å². The molecular weight excluding hydrogens is 294 g/mol. The van der Waals surface area contributed by atoms with Crippen LogP contribution in [0.2, 0.25) is 0 Å². The second-order valence-electron chi connectivity index (χ2n) is 5.90. The van der Waals surface area contributed by atoms with Crippen LogP contribution in [0.5, 0.6) is 0 Å². The van der Waals surface area contributed by atoms with Gasteiger partial charge in [0.2, 0.25) is 0 Å². The highest BCUT2D eigenvalue weighted by Crippen LogP contribution is 2.28. The first-order valence-corrected chi connectivity index (χ1v) is 8.55. The molecule has 22 heavy (non-hydrogen) atoms. The molecule has 116 valence electrons. The van der Waals surface area contributed by atoms with Crippen molar-refractivity contribution in [2.45, 2.75) is 43.3 Å². The number of amides is 1. The Hall–Kier alpha value is -1.75. The van der Waals surface area contributed by atoms with E-state index in [1.807, 2.05) is 31.3 Å². The molecule has 5 heteroatoms. The van der Waals surface area contributed by atoms with Gasteiger partial charge in [-0.15, -0.1) is 11.8 Å². The van der Waals surface area contributed by atoms with Crippen LogP contribution in [0.4, 0.5) is 5.82 Å². The lowest BCUT2D eigenvalue weighted by Gasteiger charge is -2.09. The Balaban J connectivity index is 1.75. The highest BCUT2D eigenvalue weighted by Gasteiger charge is 2.22. The molecule has 0 radical (unpaired) electrons. The van der Waals surface area contributed by atoms with Crippen molar-refractivity contribution in [3.8, 4) is 0 Å². The van der Waals surface area contributed by atoms with Crippen molar-refractivity contribution in [1.82, 2.24) is 9.78 Å². The maximum atomic E-state index is 12.4. The third-order valence-corrected chi connectivity index (χ3v) is 4.80. The number of fused-ring (bicyclic) bond motifs is 1. The van der Waals surface area contributed by atoms with Crippen molar-refractivity contribution in [3.05, 3.63) is 41.1 Å². The SMILES string of the molecule is CC(C)Sc1ccc(C(=O)Nc2c3c(nn2C)CCC3)cc1. The summed E-state index contributed by atoms with van der Waals surface area (Å²) in [6.45, 7) is 4.32. The number of nitrogens with one attached hydrogen (secondary N) is 1. The van der Waals surface area contributed by atoms with Crippen LogP contribution in [-0.2, 0) is 19.9 Å². The summed E-state index contributed by atoms with van der Waals surface area (Å²) in [6, 6.07) is 7.79. The number of anilines is 1. The van der Waals surface area contributed by atoms with Crippen molar-refractivity contribution in [1.29, 1.82) is 0 Å². The summed E-state index contributed by atoms with van der Waals surface area (Å²) in [5.74, 6) is 0.775. The minimum Gasteiger partial charge on any atom is -0.307 e. The summed E-state index contributed by atoms with van der Waals surface area (Å²) in [5, 5.41) is 8.04. The standard InChI is InChI=1S/C17H21N3OS/c1-11(2)22-13-9-7-12(8-10-13)17(21)18-16-14-5-4-6-15(14)19-20(16)3/h7-11H,4-6H2,1-3H3,(H,18,21). The first-order chi connectivity index (χ1) is 10.5. The molecule has 1 N–H and O–H groups in total. The Bertz CT molecular complexity index is 689. The number of nitrogens with zero attached hydrogens (tertiary/aromatic N) is 2. The van der Waals surface area contributed by atoms with Gasteiger partial charge in [-0.2, -0.15) is 5.10 Å². The Kier molecular flexibility index (Phi) is 4.25. The lowest BCUT2D eigenvalue weighted by molar-refractivity contribution is 0.102. The molecule has 0 saturated heterocycles. The molecule has 0 unspecified atom stereocenters. The predicted octanol–water partition coefficient (Wildman–Crippen LogP) is 3.66. The van der Waals surface area contributed by atoms with E-state index in [1.165, 1.54) is 10.5 Å². The van der Waals surface area contributed by atoms with Crippen LogP contribution in [0.3, 0.4) is 0 Å². The molecule has 3 rings (SSSR count). The second-order valence-corrected chi connectivity index (χ2v) is 7.55. The zero-order valence-corrected chi connectivity index (χ0v) is 14.0. The minimum absolute atomic E-state index is 0.0706. The summed E-state index contributed by atoms with van der Waals surface area (Å²) >= 11 is 1.80. The largest absolute Gasteiger partial charge is 0.307 e. The van der Waals surface area contributed by atoms with Gasteiger partial charge < -0.3 is 5.32 Å². The maximum absolute atomic E-state index is 12.4. The molecule has 0 spiro atoms. The van der Waals surface area contributed by atoms with E-state index in [1.54, 1.807) is 16.4 Å². The number of carbonyl (C=O) groups excluding carboxylic acids is 1. The van der Waals surface area contributed by atoms with Crippen LogP contribution in [0.15, 0.2) is 29.2 Å². The van der Waals surface area contributed by atoms with Gasteiger partial charge in [-0.3, -0.25) is 9.48 Å². The van der Waals surface area contributed by atoms with Crippen LogP contribution >= 0.6 is 11.8 Å². The molecule has 4 nitrogen and oxygen atoms in total. The average Bonchev–Trinajstić information content (AvgIpc) is 3.02. The fourth-order valence-electron chi connectivity index (χ4n) is 2.81. The second kappa shape index (κ2) is 6.16. The summed E-state index contributed by atoms with van der Waals surface area (Å²) < 4.78 is 1.78. The number of hydrogen-bond donors (Lipinski definition) is 1. The highest BCUT2D eigenvalue weighted by atomic mass is 32.2. The zero-order valence-electron chi connectivity index (χ0n) is 13.2. The molecule has 0 atom stereocenters. The molecule has 1 aromatic heterocycles. The monoisotopic (exact) mass is 315 g/mol. The van der Waals surface area contributed by atoms with Gasteiger partial charge in [0, 0.05) is 28.3 Å². The molecular formula is C17H21N3OS. The summed E-state index contributed by atoms with van der Waals surface area (Å²) in [4.78, 5) is 13.6. The molecule has 1 heterocycles. The fraction of sp³-hybridized carbons (Fsp3) is 0.412. The van der Waals surface area contributed by atoms with E-state index in [-0.39, 0.29) is 5.91 Å². The smallest absolute Gasteiger partial charge is 0.256 e. The van der Waals surface area contributed by atoms with Crippen molar-refractivity contribution in [2.75, 3.05) is 5.32 Å². The van der Waals surface area contributed by atoms with E-state index in [4.69, 9.17) is 0 Å². The predicted molar refractivity (Wildman–Crippen MR) is 90.6 cm³/mol. The Morgan fingerprint density at radius 3 is 2.68 bits per heavy atom. The van der Waals surface area contributed by atoms with E-state index < -0.39 is 0 Å². The molecule has 1 aliphatic rings. The topological polar surface area (TPSA) is 46.9 Å². The van der Waals surface area contributed by atoms with E-state index >= 15 is 0 Å². The molecule has 0 fully saturated rings. The van der Waals surface area contributed by atoms with Gasteiger partial charge in [0.1, 0.15) is 5.82 Å². The van der Waals surface area contributed by atoms with E-state index in [2.05, 4.69) is 24.3 Å². The Labute approximate surface area is 135 Å². The van der Waals surface area contributed by atoms with Gasteiger partial charge in [-0.05, 0) is 43.5 Å². The van der Waals surface area contributed by atoms with Gasteiger partial charge in [0.15, 0.2) is 0 Å². The first-order valence-electron chi connectivity index (χ1n) is 7.67. The van der Waals surface area contributed by atoms with E-state index in [9.17, 15) is 4.79 Å². The molecule has 1 aliphatic carbocycles. The zero-order chi connectivity index (χ0) is 15.7. The summed E-state index contributed by atoms with van der Waals surface area (Å²) in [6.07, 6.45) is 3.14. The van der Waals surface area contributed by atoms with E-state index in [0.29, 0.717) is 10.8 Å². The van der Waals surface area contributed by atoms with Gasteiger partial charge >= 0.3 is 0 Å². The number of hydrogen-bond acceptors (Lipinski definition) is 3. The molecule has 0 saturated carbocycles. The molecule has 2 aromatic rings. The number of aryl methyl sites for hydroxylation is 2. The van der Waals surface area contributed by atoms with E-state index in [0.717, 1.165) is 30.8 Å². The number of rotatable bonds is 4. The third-order valence-electron chi connectivity index (χ3n) is 3.79. The van der Waals surface area contributed by atoms with Gasteiger partial charge in [-0.1, -0.05) is 13.8 Å². The summed E-state index contributed by atoms with van der Waals surface area (Å²) in [5.41, 5.74) is 3.00. The molecule has 0 bridgehead atoms. The number of thioether (sulfide) groups is 1. The van der Waals surface area contributed by atoms with Gasteiger partial charge in [-0.25, -0.2) is 0 Å². The third kappa shape index (κ3) is 3.04. The van der Waals surface area contributed by atoms with Gasteiger partial charge in [0.25, 0.3) is 5.91 Å². The Morgan fingerprint density at radius 1 is 1.27 bits per heavy atom. The molecule has 0 aliphatic heterocycles. The quantitative estimate of drug-likeness (QED) is 0.876. The normalized spacial score (nSPS) is 13.5. The summed E-state index contributed by atoms with van der Waals surface area (Å²) in [7, 11) is 1.89. The number of aromatic nitrogens is 2. The molecule has 1 amide bonds. The van der Waals surface area contributed by atoms with Crippen molar-refractivity contribution < 1.29 is 4.79 Å². The Morgan fingerprint density at radius 2 is 2.00 bits per heavy atom. The van der Waals surface area contributed by atoms with Crippen molar-refractivity contribution >= 4 is 23.5 Å². The van der Waals surface area contributed by atoms with Gasteiger partial charge in [0.05, 0.1) is 5.69 Å². The fourth-order valence-corrected chi connectivity index (χ4v) is 3.65. The lowest BCUT2D eigenvalue weighted by atomic mass is 10.2. The first kappa shape index (κ1) is 15.2. The van der Waals surface area contributed by atoms with Crippen LogP contribution in [0, 0.1) is 0 Å². The van der Waals surface area contributed by atoms with Crippen LogP contribution in [0.25, 0.3) is 0 Å². The average molecular weight is 315 g/mol. The van der Waals surface area contributed by atoms with Crippen LogP contribution < -0.4 is 5.32 Å². The van der Waals surface area contributed by atoms with Crippen LogP contribution in [-0.4, -0.2) is 20.9 Å². The number of carbonyl (C=O) groups is 1. The van der Waals surface area contributed by atoms with Crippen LogP contribution in [0.1, 0.15) is 41.9 Å².